The second-order valence-electron chi connectivity index (χ2n) is 3.81. The molecule has 4 heteroatoms. The first-order valence-corrected chi connectivity index (χ1v) is 6.40. The third kappa shape index (κ3) is 2.98. The number of carbonyl (C=O) groups excluding carboxylic acids is 1. The Morgan fingerprint density at radius 3 is 2.56 bits per heavy atom. The van der Waals surface area contributed by atoms with E-state index in [1.807, 2.05) is 25.7 Å². The fourth-order valence-electron chi connectivity index (χ4n) is 1.54. The molecule has 0 fully saturated rings. The van der Waals surface area contributed by atoms with Gasteiger partial charge in [-0.2, -0.15) is 0 Å². The summed E-state index contributed by atoms with van der Waals surface area (Å²) in [6.45, 7) is 6.69. The minimum atomic E-state index is 0.0369. The van der Waals surface area contributed by atoms with E-state index in [0.29, 0.717) is 17.1 Å². The van der Waals surface area contributed by atoms with E-state index in [4.69, 9.17) is 11.6 Å². The minimum absolute atomic E-state index is 0.0369. The van der Waals surface area contributed by atoms with Gasteiger partial charge < -0.3 is 4.90 Å². The Morgan fingerprint density at radius 1 is 1.50 bits per heavy atom. The van der Waals surface area contributed by atoms with Crippen LogP contribution in [-0.4, -0.2) is 23.4 Å². The predicted molar refractivity (Wildman–Crippen MR) is 71.0 cm³/mol. The monoisotopic (exact) mass is 303 g/mol. The van der Waals surface area contributed by atoms with Crippen molar-refractivity contribution in [3.63, 3.8) is 0 Å². The maximum atomic E-state index is 12.1. The molecule has 1 amide bonds. The lowest BCUT2D eigenvalue weighted by Crippen LogP contribution is -2.36. The fourth-order valence-corrected chi connectivity index (χ4v) is 2.03. The Balaban J connectivity index is 2.99. The molecule has 1 aromatic rings. The lowest BCUT2D eigenvalue weighted by atomic mass is 10.1. The summed E-state index contributed by atoms with van der Waals surface area (Å²) in [5.74, 6) is 0.0369. The summed E-state index contributed by atoms with van der Waals surface area (Å²) in [4.78, 5) is 14.0. The highest BCUT2D eigenvalue weighted by Gasteiger charge is 2.17. The molecule has 0 aliphatic heterocycles. The summed E-state index contributed by atoms with van der Waals surface area (Å²) in [6.07, 6.45) is 0. The first-order valence-electron chi connectivity index (χ1n) is 5.23. The molecule has 0 heterocycles. The number of halogens is 2. The first-order chi connectivity index (χ1) is 7.47. The van der Waals surface area contributed by atoms with Gasteiger partial charge in [0.1, 0.15) is 0 Å². The van der Waals surface area contributed by atoms with Gasteiger partial charge in [0.2, 0.25) is 0 Å². The average Bonchev–Trinajstić information content (AvgIpc) is 2.22. The van der Waals surface area contributed by atoms with Gasteiger partial charge in [-0.15, -0.1) is 0 Å². The lowest BCUT2D eigenvalue weighted by Gasteiger charge is -2.25. The highest BCUT2D eigenvalue weighted by molar-refractivity contribution is 9.10. The van der Waals surface area contributed by atoms with Crippen molar-refractivity contribution in [3.8, 4) is 0 Å². The molecule has 0 aromatic heterocycles. The lowest BCUT2D eigenvalue weighted by molar-refractivity contribution is 0.0717. The summed E-state index contributed by atoms with van der Waals surface area (Å²) in [5, 5.41) is 0.615. The molecule has 88 valence electrons. The van der Waals surface area contributed by atoms with Crippen LogP contribution in [0.15, 0.2) is 22.7 Å². The molecule has 0 saturated carbocycles. The van der Waals surface area contributed by atoms with E-state index < -0.39 is 0 Å². The van der Waals surface area contributed by atoms with Crippen LogP contribution in [0.2, 0.25) is 5.02 Å². The molecule has 0 bridgehead atoms. The number of nitrogens with zero attached hydrogens (tertiary/aromatic N) is 1. The summed E-state index contributed by atoms with van der Waals surface area (Å²) in [7, 11) is 0. The standard InChI is InChI=1S/C12H15BrClNO/c1-4-15(8(2)3)12(16)9-5-6-11(14)10(13)7-9/h5-8H,4H2,1-3H3. The Kier molecular flexibility index (Phi) is 4.81. The minimum Gasteiger partial charge on any atom is -0.337 e. The van der Waals surface area contributed by atoms with Crippen molar-refractivity contribution >= 4 is 33.4 Å². The quantitative estimate of drug-likeness (QED) is 0.827. The van der Waals surface area contributed by atoms with Crippen molar-refractivity contribution in [2.75, 3.05) is 6.54 Å². The van der Waals surface area contributed by atoms with Crippen LogP contribution in [0.3, 0.4) is 0 Å². The van der Waals surface area contributed by atoms with E-state index in [-0.39, 0.29) is 11.9 Å². The third-order valence-corrected chi connectivity index (χ3v) is 3.61. The van der Waals surface area contributed by atoms with Crippen molar-refractivity contribution in [2.45, 2.75) is 26.8 Å². The predicted octanol–water partition coefficient (Wildman–Crippen LogP) is 3.97. The van der Waals surface area contributed by atoms with Crippen LogP contribution in [0.4, 0.5) is 0 Å². The summed E-state index contributed by atoms with van der Waals surface area (Å²) in [6, 6.07) is 5.44. The van der Waals surface area contributed by atoms with Gasteiger partial charge in [0, 0.05) is 22.6 Å². The number of hydrogen-bond acceptors (Lipinski definition) is 1. The molecule has 0 aliphatic carbocycles. The smallest absolute Gasteiger partial charge is 0.254 e. The molecule has 16 heavy (non-hydrogen) atoms. The number of amides is 1. The molecule has 0 saturated heterocycles. The van der Waals surface area contributed by atoms with Gasteiger partial charge in [0.05, 0.1) is 5.02 Å². The number of benzene rings is 1. The summed E-state index contributed by atoms with van der Waals surface area (Å²) in [5.41, 5.74) is 0.659. The Bertz CT molecular complexity index is 393. The second-order valence-corrected chi connectivity index (χ2v) is 5.08. The number of rotatable bonds is 3. The molecular weight excluding hydrogens is 289 g/mol. The van der Waals surface area contributed by atoms with Gasteiger partial charge in [-0.1, -0.05) is 11.6 Å². The molecule has 2 nitrogen and oxygen atoms in total. The van der Waals surface area contributed by atoms with Crippen molar-refractivity contribution in [3.05, 3.63) is 33.3 Å². The second kappa shape index (κ2) is 5.69. The number of hydrogen-bond donors (Lipinski definition) is 0. The molecule has 0 unspecified atom stereocenters. The van der Waals surface area contributed by atoms with E-state index in [2.05, 4.69) is 15.9 Å². The molecule has 0 atom stereocenters. The van der Waals surface area contributed by atoms with Crippen molar-refractivity contribution in [1.29, 1.82) is 0 Å². The zero-order chi connectivity index (χ0) is 12.3. The third-order valence-electron chi connectivity index (χ3n) is 2.39. The maximum absolute atomic E-state index is 12.1. The van der Waals surface area contributed by atoms with Gasteiger partial charge >= 0.3 is 0 Å². The van der Waals surface area contributed by atoms with E-state index in [1.54, 1.807) is 18.2 Å². The van der Waals surface area contributed by atoms with Crippen LogP contribution in [-0.2, 0) is 0 Å². The van der Waals surface area contributed by atoms with E-state index in [1.165, 1.54) is 0 Å². The highest BCUT2D eigenvalue weighted by Crippen LogP contribution is 2.24. The van der Waals surface area contributed by atoms with E-state index >= 15 is 0 Å². The van der Waals surface area contributed by atoms with Gasteiger partial charge in [-0.3, -0.25) is 4.79 Å². The van der Waals surface area contributed by atoms with Gasteiger partial charge in [0.15, 0.2) is 0 Å². The zero-order valence-electron chi connectivity index (χ0n) is 9.63. The van der Waals surface area contributed by atoms with E-state index in [9.17, 15) is 4.79 Å². The van der Waals surface area contributed by atoms with Crippen LogP contribution in [0.25, 0.3) is 0 Å². The molecular formula is C12H15BrClNO. The molecule has 1 rings (SSSR count). The van der Waals surface area contributed by atoms with Crippen molar-refractivity contribution in [2.24, 2.45) is 0 Å². The van der Waals surface area contributed by atoms with Gasteiger partial charge in [0.25, 0.3) is 5.91 Å². The Labute approximate surface area is 110 Å². The number of carbonyl (C=O) groups is 1. The van der Waals surface area contributed by atoms with Crippen molar-refractivity contribution < 1.29 is 4.79 Å². The largest absolute Gasteiger partial charge is 0.337 e. The Hall–Kier alpha value is -0.540. The van der Waals surface area contributed by atoms with Gasteiger partial charge in [-0.05, 0) is 54.9 Å². The maximum Gasteiger partial charge on any atom is 0.254 e. The van der Waals surface area contributed by atoms with Crippen LogP contribution < -0.4 is 0 Å². The van der Waals surface area contributed by atoms with Gasteiger partial charge in [-0.25, -0.2) is 0 Å². The normalized spacial score (nSPS) is 10.6. The van der Waals surface area contributed by atoms with E-state index in [0.717, 1.165) is 4.47 Å². The topological polar surface area (TPSA) is 20.3 Å². The SMILES string of the molecule is CCN(C(=O)c1ccc(Cl)c(Br)c1)C(C)C. The zero-order valence-corrected chi connectivity index (χ0v) is 12.0. The molecule has 0 aliphatic rings. The summed E-state index contributed by atoms with van der Waals surface area (Å²) < 4.78 is 0.750. The molecule has 0 spiro atoms. The molecule has 1 aromatic carbocycles. The first kappa shape index (κ1) is 13.5. The average molecular weight is 305 g/mol. The van der Waals surface area contributed by atoms with Crippen LogP contribution in [0.5, 0.6) is 0 Å². The van der Waals surface area contributed by atoms with Crippen LogP contribution >= 0.6 is 27.5 Å². The fraction of sp³-hybridized carbons (Fsp3) is 0.417. The Morgan fingerprint density at radius 2 is 2.12 bits per heavy atom. The summed E-state index contributed by atoms with van der Waals surface area (Å²) >= 11 is 9.21. The van der Waals surface area contributed by atoms with Crippen molar-refractivity contribution in [1.82, 2.24) is 4.90 Å². The van der Waals surface area contributed by atoms with Crippen LogP contribution in [0, 0.1) is 0 Å². The highest BCUT2D eigenvalue weighted by atomic mass is 79.9. The molecule has 0 radical (unpaired) electrons. The molecule has 0 N–H and O–H groups in total. The van der Waals surface area contributed by atoms with Crippen LogP contribution in [0.1, 0.15) is 31.1 Å².